The number of fused-ring (bicyclic) bond motifs is 1. The molecule has 1 amide bonds. The number of piperidine rings is 1. The summed E-state index contributed by atoms with van der Waals surface area (Å²) in [6.07, 6.45) is 2.02. The van der Waals surface area contributed by atoms with Gasteiger partial charge < -0.3 is 9.47 Å². The number of aromatic nitrogens is 4. The Labute approximate surface area is 176 Å². The Kier molecular flexibility index (Phi) is 6.62. The van der Waals surface area contributed by atoms with Crippen molar-refractivity contribution < 1.29 is 23.5 Å². The number of nitrogens with one attached hydrogen (secondary N) is 1. The van der Waals surface area contributed by atoms with Gasteiger partial charge in [0.2, 0.25) is 0 Å². The maximum atomic E-state index is 15.6. The predicted octanol–water partition coefficient (Wildman–Crippen LogP) is 2.83. The number of likely N-dealkylation sites (tertiary alicyclic amines) is 1. The van der Waals surface area contributed by atoms with Crippen LogP contribution in [0.5, 0.6) is 0 Å². The van der Waals surface area contributed by atoms with Crippen LogP contribution in [0.2, 0.25) is 0 Å². The number of carbonyl (C=O) groups excluding carboxylic acids is 2. The van der Waals surface area contributed by atoms with Crippen LogP contribution in [0, 0.1) is 11.8 Å². The van der Waals surface area contributed by atoms with Gasteiger partial charge in [-0.05, 0) is 71.6 Å². The molecule has 0 bridgehead atoms. The molecule has 1 saturated heterocycles. The Morgan fingerprint density at radius 1 is 1.33 bits per heavy atom. The highest BCUT2D eigenvalue weighted by atomic mass is 19.1. The fourth-order valence-corrected chi connectivity index (χ4v) is 4.56. The molecule has 2 aliphatic rings. The van der Waals surface area contributed by atoms with Crippen LogP contribution in [0.4, 0.5) is 9.18 Å². The molecule has 0 radical (unpaired) electrons. The highest BCUT2D eigenvalue weighted by molar-refractivity contribution is 5.82. The Morgan fingerprint density at radius 3 is 2.73 bits per heavy atom. The first-order valence-electron chi connectivity index (χ1n) is 10.7. The van der Waals surface area contributed by atoms with Crippen molar-refractivity contribution in [3.8, 4) is 0 Å². The first-order chi connectivity index (χ1) is 14.1. The van der Waals surface area contributed by atoms with E-state index in [4.69, 9.17) is 9.47 Å². The highest BCUT2D eigenvalue weighted by Gasteiger charge is 2.49. The largest absolute Gasteiger partial charge is 0.464 e. The highest BCUT2D eigenvalue weighted by Crippen LogP contribution is 2.46. The van der Waals surface area contributed by atoms with Gasteiger partial charge in [0.1, 0.15) is 17.3 Å². The van der Waals surface area contributed by atoms with E-state index in [2.05, 4.69) is 20.6 Å². The molecule has 2 fully saturated rings. The number of H-pyrrole nitrogens is 1. The van der Waals surface area contributed by atoms with Crippen molar-refractivity contribution in [3.63, 3.8) is 0 Å². The second-order valence-electron chi connectivity index (χ2n) is 9.38. The third-order valence-corrected chi connectivity index (χ3v) is 5.96. The van der Waals surface area contributed by atoms with E-state index in [0.717, 1.165) is 0 Å². The maximum Gasteiger partial charge on any atom is 0.411 e. The number of hydrogen-bond donors (Lipinski definition) is 1. The van der Waals surface area contributed by atoms with Crippen LogP contribution in [0.15, 0.2) is 0 Å². The zero-order chi connectivity index (χ0) is 21.9. The van der Waals surface area contributed by atoms with Gasteiger partial charge in [-0.1, -0.05) is 5.21 Å². The molecule has 3 rings (SSSR count). The van der Waals surface area contributed by atoms with Crippen LogP contribution in [0.25, 0.3) is 0 Å². The monoisotopic (exact) mass is 425 g/mol. The van der Waals surface area contributed by atoms with Crippen molar-refractivity contribution in [2.45, 2.75) is 83.5 Å². The number of tetrazole rings is 1. The molecule has 30 heavy (non-hydrogen) atoms. The summed E-state index contributed by atoms with van der Waals surface area (Å²) in [5.74, 6) is 0.182. The molecule has 168 valence electrons. The molecule has 2 heterocycles. The summed E-state index contributed by atoms with van der Waals surface area (Å²) in [4.78, 5) is 26.9. The normalized spacial score (nSPS) is 29.2. The minimum atomic E-state index is -1.34. The molecule has 1 aromatic rings. The Bertz CT molecular complexity index is 738. The van der Waals surface area contributed by atoms with Gasteiger partial charge in [0.05, 0.1) is 6.61 Å². The summed E-state index contributed by atoms with van der Waals surface area (Å²) in [6, 6.07) is -0.749. The van der Waals surface area contributed by atoms with E-state index in [1.165, 1.54) is 4.90 Å². The predicted molar refractivity (Wildman–Crippen MR) is 105 cm³/mol. The number of esters is 1. The van der Waals surface area contributed by atoms with Crippen molar-refractivity contribution >= 4 is 12.1 Å². The van der Waals surface area contributed by atoms with Gasteiger partial charge >= 0.3 is 12.1 Å². The fraction of sp³-hybridized carbons (Fsp3) is 0.850. The summed E-state index contributed by atoms with van der Waals surface area (Å²) in [5.41, 5.74) is -2.00. The number of ether oxygens (including phenoxy) is 2. The Hall–Kier alpha value is -2.26. The maximum absolute atomic E-state index is 15.6. The van der Waals surface area contributed by atoms with E-state index >= 15 is 4.39 Å². The van der Waals surface area contributed by atoms with E-state index in [-0.39, 0.29) is 18.4 Å². The minimum absolute atomic E-state index is 0.00195. The molecule has 1 saturated carbocycles. The zero-order valence-electron chi connectivity index (χ0n) is 18.2. The van der Waals surface area contributed by atoms with E-state index in [1.54, 1.807) is 27.7 Å². The molecule has 1 unspecified atom stereocenters. The van der Waals surface area contributed by atoms with Gasteiger partial charge in [0.15, 0.2) is 5.82 Å². The fourth-order valence-electron chi connectivity index (χ4n) is 4.56. The SMILES string of the molecule is CCOC(=O)[C@@H]1C[C@H]2CC(F)(CCc3nn[nH]n3)CC[C@H]2CN1C(=O)OC(C)(C)C. The zero-order valence-corrected chi connectivity index (χ0v) is 18.2. The standard InChI is InChI=1S/C20H32FN5O4/c1-5-29-17(27)15-10-14-11-20(21,9-7-16-22-24-25-23-16)8-6-13(14)12-26(15)18(28)30-19(2,3)4/h13-15H,5-12H2,1-4H3,(H,22,23,24,25)/t13-,14-,15-,20?/m0/s1. The average molecular weight is 426 g/mol. The van der Waals surface area contributed by atoms with E-state index in [1.807, 2.05) is 0 Å². The van der Waals surface area contributed by atoms with Crippen molar-refractivity contribution in [3.05, 3.63) is 5.82 Å². The number of alkyl halides is 1. The first kappa shape index (κ1) is 22.4. The molecule has 10 heteroatoms. The lowest BCUT2D eigenvalue weighted by Gasteiger charge is -2.48. The number of aromatic amines is 1. The molecule has 0 spiro atoms. The summed E-state index contributed by atoms with van der Waals surface area (Å²) in [7, 11) is 0. The Morgan fingerprint density at radius 2 is 2.10 bits per heavy atom. The summed E-state index contributed by atoms with van der Waals surface area (Å²) >= 11 is 0. The number of hydrogen-bond acceptors (Lipinski definition) is 7. The van der Waals surface area contributed by atoms with Crippen LogP contribution in [-0.2, 0) is 20.7 Å². The second kappa shape index (κ2) is 8.85. The molecule has 1 aromatic heterocycles. The molecule has 1 aliphatic heterocycles. The number of aryl methyl sites for hydroxylation is 1. The van der Waals surface area contributed by atoms with Crippen LogP contribution in [-0.4, -0.2) is 68.0 Å². The summed E-state index contributed by atoms with van der Waals surface area (Å²) in [5, 5.41) is 13.7. The van der Waals surface area contributed by atoms with Crippen molar-refractivity contribution in [1.82, 2.24) is 25.5 Å². The first-order valence-corrected chi connectivity index (χ1v) is 10.7. The lowest BCUT2D eigenvalue weighted by atomic mass is 9.67. The smallest absolute Gasteiger partial charge is 0.411 e. The van der Waals surface area contributed by atoms with E-state index in [0.29, 0.717) is 50.9 Å². The van der Waals surface area contributed by atoms with Crippen molar-refractivity contribution in [2.24, 2.45) is 11.8 Å². The average Bonchev–Trinajstić information content (AvgIpc) is 3.18. The van der Waals surface area contributed by atoms with Gasteiger partial charge in [-0.3, -0.25) is 4.90 Å². The second-order valence-corrected chi connectivity index (χ2v) is 9.38. The van der Waals surface area contributed by atoms with Crippen LogP contribution >= 0.6 is 0 Å². The van der Waals surface area contributed by atoms with E-state index in [9.17, 15) is 9.59 Å². The molecule has 9 nitrogen and oxygen atoms in total. The van der Waals surface area contributed by atoms with Gasteiger partial charge in [-0.2, -0.15) is 5.21 Å². The lowest BCUT2D eigenvalue weighted by molar-refractivity contribution is -0.154. The molecule has 1 N–H and O–H groups in total. The third-order valence-electron chi connectivity index (χ3n) is 5.96. The number of carbonyl (C=O) groups is 2. The van der Waals surface area contributed by atoms with Crippen LogP contribution in [0.1, 0.15) is 65.6 Å². The third kappa shape index (κ3) is 5.46. The van der Waals surface area contributed by atoms with Gasteiger partial charge in [-0.15, -0.1) is 10.2 Å². The van der Waals surface area contributed by atoms with Crippen molar-refractivity contribution in [2.75, 3.05) is 13.2 Å². The van der Waals surface area contributed by atoms with Crippen LogP contribution in [0.3, 0.4) is 0 Å². The number of nitrogens with zero attached hydrogens (tertiary/aromatic N) is 4. The quantitative estimate of drug-likeness (QED) is 0.722. The minimum Gasteiger partial charge on any atom is -0.464 e. The number of halogens is 1. The van der Waals surface area contributed by atoms with Crippen LogP contribution < -0.4 is 0 Å². The lowest BCUT2D eigenvalue weighted by Crippen LogP contribution is -2.57. The topological polar surface area (TPSA) is 110 Å². The molecule has 1 aliphatic carbocycles. The van der Waals surface area contributed by atoms with Crippen molar-refractivity contribution in [1.29, 1.82) is 0 Å². The van der Waals surface area contributed by atoms with E-state index < -0.39 is 29.4 Å². The molecule has 4 atom stereocenters. The summed E-state index contributed by atoms with van der Waals surface area (Å²) in [6.45, 7) is 7.70. The molecular weight excluding hydrogens is 393 g/mol. The number of amides is 1. The van der Waals surface area contributed by atoms with Gasteiger partial charge in [-0.25, -0.2) is 14.0 Å². The van der Waals surface area contributed by atoms with Gasteiger partial charge in [0, 0.05) is 13.0 Å². The van der Waals surface area contributed by atoms with Gasteiger partial charge in [0.25, 0.3) is 0 Å². The summed E-state index contributed by atoms with van der Waals surface area (Å²) < 4.78 is 26.3. The molecular formula is C20H32FN5O4. The molecule has 0 aromatic carbocycles. The Balaban J connectivity index is 1.70. The number of rotatable bonds is 5.